The van der Waals surface area contributed by atoms with Crippen molar-refractivity contribution in [3.8, 4) is 0 Å². The van der Waals surface area contributed by atoms with E-state index in [9.17, 15) is 15.0 Å². The number of β-amino-alcohol motifs (C(OH)–C–C–N with tert-alkyl or cyclic N) is 1. The zero-order valence-electron chi connectivity index (χ0n) is 13.7. The number of aliphatic hydroxyl groups excluding tert-OH is 2. The minimum atomic E-state index is -0.720. The number of halogens is 1. The molecule has 1 fully saturated rings. The van der Waals surface area contributed by atoms with Gasteiger partial charge in [0.1, 0.15) is 0 Å². The molecule has 0 aliphatic carbocycles. The lowest BCUT2D eigenvalue weighted by molar-refractivity contribution is -0.0713. The van der Waals surface area contributed by atoms with Crippen LogP contribution < -0.4 is 5.32 Å². The highest BCUT2D eigenvalue weighted by Gasteiger charge is 2.42. The number of amides is 1. The summed E-state index contributed by atoms with van der Waals surface area (Å²) in [6.45, 7) is 2.73. The number of nitrogens with one attached hydrogen (secondary N) is 1. The molecule has 2 rings (SSSR count). The number of nitrogens with zero attached hydrogens (tertiary/aromatic N) is 1. The van der Waals surface area contributed by atoms with Gasteiger partial charge in [-0.3, -0.25) is 4.79 Å². The number of carbonyl (C=O) groups is 1. The van der Waals surface area contributed by atoms with Crippen molar-refractivity contribution in [3.63, 3.8) is 0 Å². The Kier molecular flexibility index (Phi) is 5.89. The molecule has 1 aromatic rings. The van der Waals surface area contributed by atoms with Gasteiger partial charge in [-0.2, -0.15) is 0 Å². The van der Waals surface area contributed by atoms with Crippen molar-refractivity contribution in [1.29, 1.82) is 0 Å². The molecule has 1 saturated heterocycles. The normalized spacial score (nSPS) is 24.6. The second-order valence-corrected chi connectivity index (χ2v) is 6.66. The Morgan fingerprint density at radius 3 is 2.83 bits per heavy atom. The maximum atomic E-state index is 12.8. The second-order valence-electron chi connectivity index (χ2n) is 6.23. The van der Waals surface area contributed by atoms with E-state index < -0.39 is 11.5 Å². The first kappa shape index (κ1) is 18.0. The Balaban J connectivity index is 2.19. The summed E-state index contributed by atoms with van der Waals surface area (Å²) in [4.78, 5) is 14.4. The van der Waals surface area contributed by atoms with Crippen molar-refractivity contribution in [2.75, 3.05) is 32.1 Å². The summed E-state index contributed by atoms with van der Waals surface area (Å²) < 4.78 is 0. The van der Waals surface area contributed by atoms with Crippen LogP contribution in [0, 0.1) is 5.41 Å². The number of rotatable bonds is 5. The fourth-order valence-corrected chi connectivity index (χ4v) is 3.51. The molecule has 0 spiro atoms. The number of aliphatic hydroxyl groups is 2. The molecule has 0 unspecified atom stereocenters. The number of hydrogen-bond donors (Lipinski definition) is 3. The first-order chi connectivity index (χ1) is 11.0. The summed E-state index contributed by atoms with van der Waals surface area (Å²) >= 11 is 6.01. The third-order valence-corrected chi connectivity index (χ3v) is 5.05. The molecule has 1 aliphatic heterocycles. The van der Waals surface area contributed by atoms with Crippen molar-refractivity contribution in [3.05, 3.63) is 28.8 Å². The monoisotopic (exact) mass is 340 g/mol. The number of anilines is 1. The lowest BCUT2D eigenvalue weighted by atomic mass is 9.73. The van der Waals surface area contributed by atoms with Crippen LogP contribution in [0.2, 0.25) is 5.02 Å². The minimum absolute atomic E-state index is 0.0526. The smallest absolute Gasteiger partial charge is 0.256 e. The fraction of sp³-hybridized carbons (Fsp3) is 0.588. The lowest BCUT2D eigenvalue weighted by Gasteiger charge is -2.44. The molecule has 0 radical (unpaired) electrons. The van der Waals surface area contributed by atoms with Crippen LogP contribution in [0.3, 0.4) is 0 Å². The molecular formula is C17H25ClN2O3. The van der Waals surface area contributed by atoms with Gasteiger partial charge in [-0.1, -0.05) is 24.9 Å². The number of piperidine rings is 1. The van der Waals surface area contributed by atoms with Gasteiger partial charge in [0.15, 0.2) is 0 Å². The number of carbonyl (C=O) groups excluding carboxylic acids is 1. The molecule has 6 heteroatoms. The van der Waals surface area contributed by atoms with E-state index in [0.717, 1.165) is 12.8 Å². The van der Waals surface area contributed by atoms with Gasteiger partial charge in [-0.15, -0.1) is 0 Å². The predicted molar refractivity (Wildman–Crippen MR) is 92.0 cm³/mol. The Hall–Kier alpha value is -1.30. The molecule has 23 heavy (non-hydrogen) atoms. The summed E-state index contributed by atoms with van der Waals surface area (Å²) in [6, 6.07) is 5.14. The van der Waals surface area contributed by atoms with Crippen LogP contribution in [0.4, 0.5) is 5.69 Å². The zero-order chi connectivity index (χ0) is 17.0. The van der Waals surface area contributed by atoms with E-state index in [2.05, 4.69) is 5.32 Å². The van der Waals surface area contributed by atoms with Crippen LogP contribution >= 0.6 is 11.6 Å². The van der Waals surface area contributed by atoms with Crippen LogP contribution in [0.5, 0.6) is 0 Å². The zero-order valence-corrected chi connectivity index (χ0v) is 14.4. The van der Waals surface area contributed by atoms with Gasteiger partial charge < -0.3 is 20.4 Å². The fourth-order valence-electron chi connectivity index (χ4n) is 3.34. The average Bonchev–Trinajstić information content (AvgIpc) is 2.56. The molecule has 5 nitrogen and oxygen atoms in total. The van der Waals surface area contributed by atoms with E-state index in [0.29, 0.717) is 29.2 Å². The molecule has 1 aliphatic rings. The molecule has 0 aromatic heterocycles. The second kappa shape index (κ2) is 7.51. The quantitative estimate of drug-likeness (QED) is 0.769. The van der Waals surface area contributed by atoms with Crippen molar-refractivity contribution in [2.24, 2.45) is 5.41 Å². The highest BCUT2D eigenvalue weighted by Crippen LogP contribution is 2.36. The van der Waals surface area contributed by atoms with Crippen LogP contribution in [0.1, 0.15) is 36.5 Å². The molecule has 0 bridgehead atoms. The van der Waals surface area contributed by atoms with E-state index in [-0.39, 0.29) is 19.1 Å². The van der Waals surface area contributed by atoms with E-state index in [1.54, 1.807) is 30.1 Å². The van der Waals surface area contributed by atoms with E-state index >= 15 is 0 Å². The van der Waals surface area contributed by atoms with Gasteiger partial charge in [0.2, 0.25) is 0 Å². The molecule has 128 valence electrons. The van der Waals surface area contributed by atoms with Gasteiger partial charge >= 0.3 is 0 Å². The maximum Gasteiger partial charge on any atom is 0.256 e. The molecule has 2 atom stereocenters. The van der Waals surface area contributed by atoms with Gasteiger partial charge in [0.25, 0.3) is 5.91 Å². The predicted octanol–water partition coefficient (Wildman–Crippen LogP) is 2.37. The van der Waals surface area contributed by atoms with Crippen molar-refractivity contribution in [1.82, 2.24) is 4.90 Å². The summed E-state index contributed by atoms with van der Waals surface area (Å²) in [5, 5.41) is 23.7. The average molecular weight is 341 g/mol. The van der Waals surface area contributed by atoms with Crippen molar-refractivity contribution in [2.45, 2.75) is 32.3 Å². The number of benzene rings is 1. The molecule has 1 heterocycles. The number of likely N-dealkylation sites (tertiary alicyclic amines) is 1. The molecule has 1 aromatic carbocycles. The maximum absolute atomic E-state index is 12.8. The minimum Gasteiger partial charge on any atom is -0.396 e. The summed E-state index contributed by atoms with van der Waals surface area (Å²) in [5.41, 5.74) is 0.715. The Labute approximate surface area is 142 Å². The van der Waals surface area contributed by atoms with Gasteiger partial charge in [0.05, 0.1) is 18.3 Å². The topological polar surface area (TPSA) is 72.8 Å². The SMILES string of the molecule is CCC[C@]1(CO)CCN(C(=O)c2cc(Cl)ccc2NC)C[C@H]1O. The lowest BCUT2D eigenvalue weighted by Crippen LogP contribution is -2.54. The first-order valence-electron chi connectivity index (χ1n) is 8.03. The van der Waals surface area contributed by atoms with Crippen LogP contribution in [0.25, 0.3) is 0 Å². The first-order valence-corrected chi connectivity index (χ1v) is 8.40. The largest absolute Gasteiger partial charge is 0.396 e. The molecule has 3 N–H and O–H groups in total. The van der Waals surface area contributed by atoms with Crippen LogP contribution in [0.15, 0.2) is 18.2 Å². The highest BCUT2D eigenvalue weighted by molar-refractivity contribution is 6.31. The van der Waals surface area contributed by atoms with Crippen LogP contribution in [-0.4, -0.2) is 53.9 Å². The van der Waals surface area contributed by atoms with E-state index in [1.807, 2.05) is 6.92 Å². The highest BCUT2D eigenvalue weighted by atomic mass is 35.5. The van der Waals surface area contributed by atoms with Crippen molar-refractivity contribution >= 4 is 23.2 Å². The van der Waals surface area contributed by atoms with Gasteiger partial charge in [-0.25, -0.2) is 0 Å². The van der Waals surface area contributed by atoms with Gasteiger partial charge in [0, 0.05) is 36.3 Å². The number of hydrogen-bond acceptors (Lipinski definition) is 4. The molecule has 1 amide bonds. The summed E-state index contributed by atoms with van der Waals surface area (Å²) in [5.74, 6) is -0.154. The standard InChI is InChI=1S/C17H25ClN2O3/c1-3-6-17(11-21)7-8-20(10-15(17)22)16(23)13-9-12(18)4-5-14(13)19-2/h4-5,9,15,19,21-22H,3,6-8,10-11H2,1-2H3/t15-,17-/m1/s1. The van der Waals surface area contributed by atoms with E-state index in [1.165, 1.54) is 0 Å². The van der Waals surface area contributed by atoms with Crippen molar-refractivity contribution < 1.29 is 15.0 Å². The molecule has 0 saturated carbocycles. The third-order valence-electron chi connectivity index (χ3n) is 4.81. The Morgan fingerprint density at radius 1 is 1.52 bits per heavy atom. The summed E-state index contributed by atoms with van der Waals surface area (Å²) in [7, 11) is 1.75. The van der Waals surface area contributed by atoms with Crippen LogP contribution in [-0.2, 0) is 0 Å². The van der Waals surface area contributed by atoms with E-state index in [4.69, 9.17) is 11.6 Å². The Morgan fingerprint density at radius 2 is 2.26 bits per heavy atom. The third kappa shape index (κ3) is 3.62. The Bertz CT molecular complexity index is 567. The van der Waals surface area contributed by atoms with Gasteiger partial charge in [-0.05, 0) is 31.0 Å². The summed E-state index contributed by atoms with van der Waals surface area (Å²) in [6.07, 6.45) is 1.53. The molecular weight excluding hydrogens is 316 g/mol.